The number of aliphatic carboxylic acids is 1. The van der Waals surface area contributed by atoms with Crippen LogP contribution in [0, 0.1) is 0 Å². The Morgan fingerprint density at radius 3 is 2.66 bits per heavy atom. The number of H-pyrrole nitrogens is 2. The Morgan fingerprint density at radius 1 is 1.11 bits per heavy atom. The first-order chi connectivity index (χ1) is 18.3. The highest BCUT2D eigenvalue weighted by molar-refractivity contribution is 5.97. The molecule has 0 aliphatic heterocycles. The number of fused-ring (bicyclic) bond motifs is 2. The van der Waals surface area contributed by atoms with E-state index in [0.29, 0.717) is 22.3 Å². The molecule has 3 heterocycles. The molecule has 0 saturated carbocycles. The van der Waals surface area contributed by atoms with Crippen molar-refractivity contribution in [2.24, 2.45) is 0 Å². The van der Waals surface area contributed by atoms with E-state index < -0.39 is 23.5 Å². The summed E-state index contributed by atoms with van der Waals surface area (Å²) in [7, 11) is 0. The summed E-state index contributed by atoms with van der Waals surface area (Å²) in [6, 6.07) is 10.0. The molecule has 13 heteroatoms. The second-order valence-corrected chi connectivity index (χ2v) is 8.53. The van der Waals surface area contributed by atoms with Crippen LogP contribution in [0.15, 0.2) is 59.7 Å². The van der Waals surface area contributed by atoms with Crippen molar-refractivity contribution in [1.29, 1.82) is 0 Å². The number of aromatic hydroxyl groups is 1. The van der Waals surface area contributed by atoms with Gasteiger partial charge in [0.05, 0.1) is 18.4 Å². The number of nitrogen functional groups attached to an aromatic ring is 1. The van der Waals surface area contributed by atoms with Gasteiger partial charge in [-0.1, -0.05) is 0 Å². The van der Waals surface area contributed by atoms with Gasteiger partial charge in [-0.25, -0.2) is 14.8 Å². The molecule has 2 aromatic carbocycles. The van der Waals surface area contributed by atoms with Crippen LogP contribution in [0.4, 0.5) is 11.6 Å². The number of carbonyl (C=O) groups excluding carboxylic acids is 1. The number of hydrogen-bond donors (Lipinski definition) is 7. The third-order valence-corrected chi connectivity index (χ3v) is 5.89. The van der Waals surface area contributed by atoms with E-state index in [0.717, 1.165) is 5.52 Å². The molecular weight excluding hydrogens is 492 g/mol. The Labute approximate surface area is 213 Å². The molecule has 0 aliphatic carbocycles. The molecule has 5 aromatic rings. The molecule has 0 bridgehead atoms. The van der Waals surface area contributed by atoms with Crippen molar-refractivity contribution in [2.45, 2.75) is 19.0 Å². The van der Waals surface area contributed by atoms with E-state index in [1.54, 1.807) is 42.6 Å². The Kier molecular flexibility index (Phi) is 6.31. The van der Waals surface area contributed by atoms with E-state index in [2.05, 4.69) is 35.6 Å². The molecule has 0 radical (unpaired) electrons. The first-order valence-corrected chi connectivity index (χ1v) is 11.4. The average molecular weight is 515 g/mol. The number of carboxylic acids is 1. The Hall–Kier alpha value is -5.46. The fourth-order valence-corrected chi connectivity index (χ4v) is 3.99. The van der Waals surface area contributed by atoms with E-state index in [1.165, 1.54) is 12.3 Å². The second kappa shape index (κ2) is 9.89. The monoisotopic (exact) mass is 514 g/mol. The van der Waals surface area contributed by atoms with Crippen LogP contribution in [-0.4, -0.2) is 53.1 Å². The van der Waals surface area contributed by atoms with Crippen molar-refractivity contribution in [3.05, 3.63) is 82.0 Å². The van der Waals surface area contributed by atoms with Gasteiger partial charge in [0.25, 0.3) is 11.5 Å². The minimum atomic E-state index is -1.18. The maximum atomic E-state index is 12.8. The van der Waals surface area contributed by atoms with E-state index in [4.69, 9.17) is 5.73 Å². The lowest BCUT2D eigenvalue weighted by atomic mass is 10.0. The van der Waals surface area contributed by atoms with Crippen molar-refractivity contribution in [3.63, 3.8) is 0 Å². The topological polar surface area (TPSA) is 212 Å². The lowest BCUT2D eigenvalue weighted by Crippen LogP contribution is -2.42. The van der Waals surface area contributed by atoms with Gasteiger partial charge in [0, 0.05) is 34.8 Å². The quantitative estimate of drug-likeness (QED) is 0.159. The minimum absolute atomic E-state index is 0.0297. The van der Waals surface area contributed by atoms with Gasteiger partial charge in [0.1, 0.15) is 11.8 Å². The number of carbonyl (C=O) groups is 2. The number of nitrogens with zero attached hydrogens (tertiary/aromatic N) is 3. The molecule has 1 atom stereocenters. The summed E-state index contributed by atoms with van der Waals surface area (Å²) in [5, 5.41) is 25.8. The standard InChI is InChI=1S/C25H22N8O5/c26-25-32-21-20(23(36)33-25)30-15(11-29-21)10-27-14-3-1-12(2-4-14)22(35)31-19(24(37)38)7-13-9-28-18-6-5-16(34)8-17(13)18/h1-6,8-9,11,19,27-28,34H,7,10H2,(H,31,35)(H,37,38)(H3,26,29,32,33,36)/t19-/m0/s1. The van der Waals surface area contributed by atoms with Gasteiger partial charge in [0.15, 0.2) is 11.2 Å². The second-order valence-electron chi connectivity index (χ2n) is 8.53. The Morgan fingerprint density at radius 2 is 1.89 bits per heavy atom. The van der Waals surface area contributed by atoms with Gasteiger partial charge < -0.3 is 31.6 Å². The molecular formula is C25H22N8O5. The van der Waals surface area contributed by atoms with Gasteiger partial charge >= 0.3 is 5.97 Å². The Balaban J connectivity index is 1.23. The molecule has 8 N–H and O–H groups in total. The zero-order valence-corrected chi connectivity index (χ0v) is 19.7. The Bertz CT molecular complexity index is 1730. The molecule has 0 aliphatic rings. The molecule has 1 amide bonds. The van der Waals surface area contributed by atoms with E-state index >= 15 is 0 Å². The number of benzene rings is 2. The fourth-order valence-electron chi connectivity index (χ4n) is 3.99. The molecule has 0 unspecified atom stereocenters. The number of rotatable bonds is 8. The number of aromatic amines is 2. The van der Waals surface area contributed by atoms with E-state index in [9.17, 15) is 24.6 Å². The van der Waals surface area contributed by atoms with E-state index in [-0.39, 0.29) is 41.4 Å². The number of carboxylic acid groups (broad SMARTS) is 1. The van der Waals surface area contributed by atoms with Crippen LogP contribution in [0.25, 0.3) is 22.1 Å². The molecule has 13 nitrogen and oxygen atoms in total. The summed E-state index contributed by atoms with van der Waals surface area (Å²) in [6.07, 6.45) is 3.17. The van der Waals surface area contributed by atoms with Crippen molar-refractivity contribution in [1.82, 2.24) is 30.2 Å². The van der Waals surface area contributed by atoms with Crippen LogP contribution in [0.1, 0.15) is 21.6 Å². The molecule has 38 heavy (non-hydrogen) atoms. The average Bonchev–Trinajstić information content (AvgIpc) is 3.29. The highest BCUT2D eigenvalue weighted by Crippen LogP contribution is 2.24. The van der Waals surface area contributed by atoms with Crippen molar-refractivity contribution >= 4 is 45.6 Å². The lowest BCUT2D eigenvalue weighted by molar-refractivity contribution is -0.139. The maximum Gasteiger partial charge on any atom is 0.326 e. The third-order valence-electron chi connectivity index (χ3n) is 5.89. The lowest BCUT2D eigenvalue weighted by Gasteiger charge is -2.15. The highest BCUT2D eigenvalue weighted by Gasteiger charge is 2.22. The van der Waals surface area contributed by atoms with Gasteiger partial charge in [0.2, 0.25) is 5.95 Å². The van der Waals surface area contributed by atoms with Crippen LogP contribution in [0.2, 0.25) is 0 Å². The summed E-state index contributed by atoms with van der Waals surface area (Å²) in [5.41, 5.74) is 8.08. The third kappa shape index (κ3) is 5.06. The van der Waals surface area contributed by atoms with Crippen LogP contribution in [0.5, 0.6) is 5.75 Å². The summed E-state index contributed by atoms with van der Waals surface area (Å²) < 4.78 is 0. The molecule has 192 valence electrons. The molecule has 0 saturated heterocycles. The summed E-state index contributed by atoms with van der Waals surface area (Å²) in [6.45, 7) is 0.250. The van der Waals surface area contributed by atoms with Crippen molar-refractivity contribution in [2.75, 3.05) is 11.1 Å². The summed E-state index contributed by atoms with van der Waals surface area (Å²) in [4.78, 5) is 54.4. The van der Waals surface area contributed by atoms with Crippen LogP contribution >= 0.6 is 0 Å². The number of aromatic nitrogens is 5. The summed E-state index contributed by atoms with van der Waals surface area (Å²) >= 11 is 0. The smallest absolute Gasteiger partial charge is 0.326 e. The van der Waals surface area contributed by atoms with Crippen molar-refractivity contribution in [3.8, 4) is 5.75 Å². The van der Waals surface area contributed by atoms with Crippen LogP contribution < -0.4 is 21.9 Å². The number of anilines is 2. The van der Waals surface area contributed by atoms with Gasteiger partial charge in [-0.15, -0.1) is 0 Å². The first-order valence-electron chi connectivity index (χ1n) is 11.4. The maximum absolute atomic E-state index is 12.8. The van der Waals surface area contributed by atoms with E-state index in [1.807, 2.05) is 0 Å². The largest absolute Gasteiger partial charge is 0.508 e. The number of amides is 1. The molecule has 5 rings (SSSR count). The van der Waals surface area contributed by atoms with Gasteiger partial charge in [-0.2, -0.15) is 4.98 Å². The van der Waals surface area contributed by atoms with Crippen LogP contribution in [0.3, 0.4) is 0 Å². The number of hydrogen-bond acceptors (Lipinski definition) is 9. The summed E-state index contributed by atoms with van der Waals surface area (Å²) in [5.74, 6) is -1.71. The first kappa shape index (κ1) is 24.2. The predicted octanol–water partition coefficient (Wildman–Crippen LogP) is 1.52. The zero-order valence-electron chi connectivity index (χ0n) is 19.7. The number of phenols is 1. The zero-order chi connectivity index (χ0) is 26.8. The number of nitrogens with two attached hydrogens (primary N) is 1. The highest BCUT2D eigenvalue weighted by atomic mass is 16.4. The predicted molar refractivity (Wildman–Crippen MR) is 139 cm³/mol. The van der Waals surface area contributed by atoms with Gasteiger partial charge in [-0.05, 0) is 48.0 Å². The molecule has 0 fully saturated rings. The number of nitrogens with one attached hydrogen (secondary N) is 4. The molecule has 3 aromatic heterocycles. The normalized spacial score (nSPS) is 11.9. The minimum Gasteiger partial charge on any atom is -0.508 e. The SMILES string of the molecule is Nc1nc2ncc(CNc3ccc(C(=O)N[C@@H](Cc4c[nH]c5ccc(O)cc45)C(=O)O)cc3)nc2c(=O)[nH]1. The van der Waals surface area contributed by atoms with Crippen molar-refractivity contribution < 1.29 is 19.8 Å². The van der Waals surface area contributed by atoms with Gasteiger partial charge in [-0.3, -0.25) is 14.6 Å². The fraction of sp³-hybridized carbons (Fsp3) is 0.120. The van der Waals surface area contributed by atoms with Crippen LogP contribution in [-0.2, 0) is 17.8 Å². The molecule has 0 spiro atoms. The number of phenolic OH excluding ortho intramolecular Hbond substituents is 1.